The van der Waals surface area contributed by atoms with Crippen LogP contribution in [-0.4, -0.2) is 25.3 Å². The first-order valence-corrected chi connectivity index (χ1v) is 4.57. The van der Waals surface area contributed by atoms with Crippen molar-refractivity contribution >= 4 is 11.7 Å². The monoisotopic (exact) mass is 183 g/mol. The second-order valence-electron chi connectivity index (χ2n) is 4.46. The molecule has 1 atom stereocenters. The molecule has 0 N–H and O–H groups in total. The van der Waals surface area contributed by atoms with Crippen molar-refractivity contribution in [2.45, 2.75) is 27.2 Å². The second kappa shape index (κ2) is 3.48. The van der Waals surface area contributed by atoms with E-state index < -0.39 is 0 Å². The summed E-state index contributed by atoms with van der Waals surface area (Å²) in [4.78, 5) is 15.6. The highest BCUT2D eigenvalue weighted by molar-refractivity contribution is 5.94. The lowest BCUT2D eigenvalue weighted by molar-refractivity contribution is -0.144. The van der Waals surface area contributed by atoms with Crippen LogP contribution in [0.3, 0.4) is 0 Å². The van der Waals surface area contributed by atoms with E-state index in [4.69, 9.17) is 0 Å². The fraction of sp³-hybridized carbons (Fsp3) is 0.800. The SMILES string of the molecule is COC(=O)C1CN=C(C(C)(C)C)C1. The van der Waals surface area contributed by atoms with E-state index in [2.05, 4.69) is 30.5 Å². The van der Waals surface area contributed by atoms with Crippen LogP contribution in [0.5, 0.6) is 0 Å². The van der Waals surface area contributed by atoms with E-state index in [9.17, 15) is 4.79 Å². The molecule has 1 heterocycles. The Balaban J connectivity index is 2.57. The summed E-state index contributed by atoms with van der Waals surface area (Å²) >= 11 is 0. The normalized spacial score (nSPS) is 22.8. The van der Waals surface area contributed by atoms with Crippen molar-refractivity contribution in [3.8, 4) is 0 Å². The smallest absolute Gasteiger partial charge is 0.310 e. The molecule has 0 bridgehead atoms. The number of hydrogen-bond donors (Lipinski definition) is 0. The van der Waals surface area contributed by atoms with E-state index in [1.807, 2.05) is 0 Å². The molecule has 0 radical (unpaired) electrons. The van der Waals surface area contributed by atoms with Gasteiger partial charge in [0.2, 0.25) is 0 Å². The lowest BCUT2D eigenvalue weighted by Crippen LogP contribution is -2.22. The number of methoxy groups -OCH3 is 1. The van der Waals surface area contributed by atoms with Crippen molar-refractivity contribution in [2.24, 2.45) is 16.3 Å². The molecule has 0 saturated carbocycles. The van der Waals surface area contributed by atoms with Gasteiger partial charge in [-0.15, -0.1) is 0 Å². The van der Waals surface area contributed by atoms with Gasteiger partial charge in [-0.3, -0.25) is 9.79 Å². The molecule has 1 rings (SSSR count). The van der Waals surface area contributed by atoms with Gasteiger partial charge < -0.3 is 4.74 Å². The minimum absolute atomic E-state index is 0.0424. The van der Waals surface area contributed by atoms with Gasteiger partial charge in [-0.25, -0.2) is 0 Å². The molecule has 0 fully saturated rings. The Hall–Kier alpha value is -0.860. The van der Waals surface area contributed by atoms with E-state index in [-0.39, 0.29) is 17.3 Å². The molecule has 74 valence electrons. The molecule has 0 spiro atoms. The molecule has 0 amide bonds. The minimum Gasteiger partial charge on any atom is -0.469 e. The molecule has 0 aromatic heterocycles. The fourth-order valence-electron chi connectivity index (χ4n) is 1.45. The van der Waals surface area contributed by atoms with Crippen LogP contribution in [-0.2, 0) is 9.53 Å². The molecule has 0 aromatic rings. The van der Waals surface area contributed by atoms with Crippen LogP contribution in [0.4, 0.5) is 0 Å². The number of aliphatic imine (C=N–C) groups is 1. The Morgan fingerprint density at radius 2 is 2.15 bits per heavy atom. The van der Waals surface area contributed by atoms with Gasteiger partial charge in [0.15, 0.2) is 0 Å². The number of ether oxygens (including phenoxy) is 1. The van der Waals surface area contributed by atoms with Crippen molar-refractivity contribution in [1.82, 2.24) is 0 Å². The van der Waals surface area contributed by atoms with Gasteiger partial charge in [-0.1, -0.05) is 20.8 Å². The quantitative estimate of drug-likeness (QED) is 0.580. The highest BCUT2D eigenvalue weighted by atomic mass is 16.5. The van der Waals surface area contributed by atoms with Gasteiger partial charge in [0.1, 0.15) is 0 Å². The molecule has 1 unspecified atom stereocenters. The van der Waals surface area contributed by atoms with Gasteiger partial charge in [-0.2, -0.15) is 0 Å². The van der Waals surface area contributed by atoms with Crippen LogP contribution in [0.15, 0.2) is 4.99 Å². The molecular formula is C10H17NO2. The summed E-state index contributed by atoms with van der Waals surface area (Å²) in [5, 5.41) is 0. The highest BCUT2D eigenvalue weighted by Gasteiger charge is 2.31. The zero-order valence-electron chi connectivity index (χ0n) is 8.76. The summed E-state index contributed by atoms with van der Waals surface area (Å²) in [5.74, 6) is -0.178. The van der Waals surface area contributed by atoms with Gasteiger partial charge >= 0.3 is 5.97 Å². The number of hydrogen-bond acceptors (Lipinski definition) is 3. The third-order valence-corrected chi connectivity index (χ3v) is 2.34. The number of nitrogens with zero attached hydrogens (tertiary/aromatic N) is 1. The maximum atomic E-state index is 11.2. The molecular weight excluding hydrogens is 166 g/mol. The highest BCUT2D eigenvalue weighted by Crippen LogP contribution is 2.27. The largest absolute Gasteiger partial charge is 0.469 e. The molecule has 0 aromatic carbocycles. The number of rotatable bonds is 1. The summed E-state index contributed by atoms with van der Waals surface area (Å²) < 4.78 is 4.68. The van der Waals surface area contributed by atoms with Gasteiger partial charge in [0.25, 0.3) is 0 Å². The predicted molar refractivity (Wildman–Crippen MR) is 51.9 cm³/mol. The number of carbonyl (C=O) groups is 1. The molecule has 3 nitrogen and oxygen atoms in total. The minimum atomic E-state index is -0.136. The van der Waals surface area contributed by atoms with Crippen LogP contribution in [0.2, 0.25) is 0 Å². The van der Waals surface area contributed by atoms with Gasteiger partial charge in [0.05, 0.1) is 19.6 Å². The fourth-order valence-corrected chi connectivity index (χ4v) is 1.45. The molecule has 3 heteroatoms. The topological polar surface area (TPSA) is 38.7 Å². The molecule has 0 saturated heterocycles. The van der Waals surface area contributed by atoms with E-state index in [1.54, 1.807) is 0 Å². The van der Waals surface area contributed by atoms with E-state index in [1.165, 1.54) is 7.11 Å². The average Bonchev–Trinajstić information content (AvgIpc) is 2.50. The van der Waals surface area contributed by atoms with E-state index in [0.29, 0.717) is 6.54 Å². The van der Waals surface area contributed by atoms with Crippen LogP contribution < -0.4 is 0 Å². The molecule has 0 aliphatic carbocycles. The summed E-state index contributed by atoms with van der Waals surface area (Å²) in [6.07, 6.45) is 0.760. The first kappa shape index (κ1) is 10.2. The Bertz CT molecular complexity index is 238. The van der Waals surface area contributed by atoms with Crippen molar-refractivity contribution in [2.75, 3.05) is 13.7 Å². The maximum absolute atomic E-state index is 11.2. The van der Waals surface area contributed by atoms with Crippen LogP contribution in [0.1, 0.15) is 27.2 Å². The van der Waals surface area contributed by atoms with Crippen LogP contribution in [0, 0.1) is 11.3 Å². The van der Waals surface area contributed by atoms with Crippen LogP contribution in [0.25, 0.3) is 0 Å². The molecule has 13 heavy (non-hydrogen) atoms. The first-order valence-electron chi connectivity index (χ1n) is 4.57. The Morgan fingerprint density at radius 1 is 1.54 bits per heavy atom. The summed E-state index contributed by atoms with van der Waals surface area (Å²) in [5.41, 5.74) is 1.21. The average molecular weight is 183 g/mol. The zero-order valence-corrected chi connectivity index (χ0v) is 8.76. The maximum Gasteiger partial charge on any atom is 0.310 e. The summed E-state index contributed by atoms with van der Waals surface area (Å²) in [7, 11) is 1.43. The van der Waals surface area contributed by atoms with Crippen molar-refractivity contribution in [3.05, 3.63) is 0 Å². The van der Waals surface area contributed by atoms with Crippen molar-refractivity contribution in [3.63, 3.8) is 0 Å². The third-order valence-electron chi connectivity index (χ3n) is 2.34. The Kier molecular flexibility index (Phi) is 2.74. The zero-order chi connectivity index (χ0) is 10.1. The Labute approximate surface area is 79.2 Å². The molecule has 1 aliphatic heterocycles. The van der Waals surface area contributed by atoms with Crippen molar-refractivity contribution < 1.29 is 9.53 Å². The number of esters is 1. The second-order valence-corrected chi connectivity index (χ2v) is 4.46. The lowest BCUT2D eigenvalue weighted by atomic mass is 9.86. The number of carbonyl (C=O) groups excluding carboxylic acids is 1. The Morgan fingerprint density at radius 3 is 2.54 bits per heavy atom. The van der Waals surface area contributed by atoms with Gasteiger partial charge in [-0.05, 0) is 5.41 Å². The van der Waals surface area contributed by atoms with Crippen LogP contribution >= 0.6 is 0 Å². The van der Waals surface area contributed by atoms with Gasteiger partial charge in [0, 0.05) is 12.1 Å². The summed E-state index contributed by atoms with van der Waals surface area (Å²) in [6, 6.07) is 0. The van der Waals surface area contributed by atoms with Crippen molar-refractivity contribution in [1.29, 1.82) is 0 Å². The summed E-state index contributed by atoms with van der Waals surface area (Å²) in [6.45, 7) is 6.95. The predicted octanol–water partition coefficient (Wildman–Crippen LogP) is 1.67. The van der Waals surface area contributed by atoms with E-state index in [0.717, 1.165) is 12.1 Å². The third kappa shape index (κ3) is 2.29. The molecule has 1 aliphatic rings. The first-order chi connectivity index (χ1) is 5.95. The lowest BCUT2D eigenvalue weighted by Gasteiger charge is -2.18. The standard InChI is InChI=1S/C10H17NO2/c1-10(2,3)8-5-7(6-11-8)9(12)13-4/h7H,5-6H2,1-4H3. The van der Waals surface area contributed by atoms with E-state index >= 15 is 0 Å².